The van der Waals surface area contributed by atoms with Crippen LogP contribution in [0.2, 0.25) is 5.02 Å². The summed E-state index contributed by atoms with van der Waals surface area (Å²) in [5, 5.41) is 6.58. The van der Waals surface area contributed by atoms with Crippen molar-refractivity contribution in [3.63, 3.8) is 0 Å². The van der Waals surface area contributed by atoms with E-state index < -0.39 is 0 Å². The molecule has 6 nitrogen and oxygen atoms in total. The van der Waals surface area contributed by atoms with Crippen molar-refractivity contribution in [1.82, 2.24) is 20.2 Å². The lowest BCUT2D eigenvalue weighted by Crippen LogP contribution is -2.31. The molecular formula is C16H20ClN5O. The Balaban J connectivity index is 1.99. The first-order valence-electron chi connectivity index (χ1n) is 7.24. The van der Waals surface area contributed by atoms with Crippen molar-refractivity contribution in [2.75, 3.05) is 32.5 Å². The van der Waals surface area contributed by atoms with Crippen LogP contribution in [0.25, 0.3) is 0 Å². The predicted molar refractivity (Wildman–Crippen MR) is 92.4 cm³/mol. The SMILES string of the molecule is Cc1c(Cl)cccc1Nc1ncc(C(=O)NCCN(C)C)cn1. The lowest BCUT2D eigenvalue weighted by molar-refractivity contribution is 0.0950. The molecule has 0 spiro atoms. The third kappa shape index (κ3) is 4.91. The zero-order valence-corrected chi connectivity index (χ0v) is 14.2. The van der Waals surface area contributed by atoms with Gasteiger partial charge in [-0.05, 0) is 38.7 Å². The first kappa shape index (κ1) is 17.2. The van der Waals surface area contributed by atoms with Crippen molar-refractivity contribution in [1.29, 1.82) is 0 Å². The third-order valence-electron chi connectivity index (χ3n) is 3.27. The predicted octanol–water partition coefficient (Wildman–Crippen LogP) is 2.47. The first-order chi connectivity index (χ1) is 11.0. The molecule has 0 bridgehead atoms. The highest BCUT2D eigenvalue weighted by atomic mass is 35.5. The molecule has 0 aliphatic rings. The van der Waals surface area contributed by atoms with E-state index in [0.717, 1.165) is 17.8 Å². The number of hydrogen-bond donors (Lipinski definition) is 2. The van der Waals surface area contributed by atoms with E-state index in [9.17, 15) is 4.79 Å². The van der Waals surface area contributed by atoms with Gasteiger partial charge in [0.15, 0.2) is 0 Å². The van der Waals surface area contributed by atoms with Gasteiger partial charge in [0.05, 0.1) is 5.56 Å². The van der Waals surface area contributed by atoms with Crippen LogP contribution in [0.3, 0.4) is 0 Å². The molecule has 0 fully saturated rings. The van der Waals surface area contributed by atoms with Gasteiger partial charge in [-0.15, -0.1) is 0 Å². The summed E-state index contributed by atoms with van der Waals surface area (Å²) in [7, 11) is 3.90. The van der Waals surface area contributed by atoms with Gasteiger partial charge >= 0.3 is 0 Å². The van der Waals surface area contributed by atoms with Gasteiger partial charge in [0.1, 0.15) is 0 Å². The second kappa shape index (κ2) is 7.89. The number of carbonyl (C=O) groups is 1. The molecule has 1 amide bonds. The second-order valence-corrected chi connectivity index (χ2v) is 5.80. The molecular weight excluding hydrogens is 314 g/mol. The fourth-order valence-electron chi connectivity index (χ4n) is 1.87. The van der Waals surface area contributed by atoms with Crippen LogP contribution in [0.5, 0.6) is 0 Å². The number of nitrogens with one attached hydrogen (secondary N) is 2. The van der Waals surface area contributed by atoms with Gasteiger partial charge < -0.3 is 15.5 Å². The van der Waals surface area contributed by atoms with Crippen molar-refractivity contribution < 1.29 is 4.79 Å². The maximum absolute atomic E-state index is 11.9. The van der Waals surface area contributed by atoms with Crippen LogP contribution in [-0.4, -0.2) is 48.0 Å². The number of benzene rings is 1. The summed E-state index contributed by atoms with van der Waals surface area (Å²) >= 11 is 6.08. The van der Waals surface area contributed by atoms with Crippen molar-refractivity contribution >= 4 is 29.1 Å². The normalized spacial score (nSPS) is 10.7. The minimum atomic E-state index is -0.183. The topological polar surface area (TPSA) is 70.2 Å². The Hall–Kier alpha value is -2.18. The maximum atomic E-state index is 11.9. The number of nitrogens with zero attached hydrogens (tertiary/aromatic N) is 3. The number of rotatable bonds is 6. The molecule has 2 aromatic rings. The fraction of sp³-hybridized carbons (Fsp3) is 0.312. The van der Waals surface area contributed by atoms with Gasteiger partial charge in [-0.25, -0.2) is 9.97 Å². The minimum absolute atomic E-state index is 0.183. The standard InChI is InChI=1S/C16H20ClN5O/c1-11-13(17)5-4-6-14(11)21-16-19-9-12(10-20-16)15(23)18-7-8-22(2)3/h4-6,9-10H,7-8H2,1-3H3,(H,18,23)(H,19,20,21). The van der Waals surface area contributed by atoms with Crippen LogP contribution in [-0.2, 0) is 0 Å². The average Bonchev–Trinajstić information content (AvgIpc) is 2.52. The summed E-state index contributed by atoms with van der Waals surface area (Å²) in [5.74, 6) is 0.234. The Morgan fingerprint density at radius 2 is 1.96 bits per heavy atom. The molecule has 1 heterocycles. The molecule has 0 saturated heterocycles. The zero-order valence-electron chi connectivity index (χ0n) is 13.4. The van der Waals surface area contributed by atoms with E-state index in [-0.39, 0.29) is 5.91 Å². The van der Waals surface area contributed by atoms with Gasteiger partial charge in [-0.1, -0.05) is 17.7 Å². The van der Waals surface area contributed by atoms with Gasteiger partial charge in [0.2, 0.25) is 5.95 Å². The summed E-state index contributed by atoms with van der Waals surface area (Å²) in [5.41, 5.74) is 2.18. The summed E-state index contributed by atoms with van der Waals surface area (Å²) in [6.45, 7) is 3.27. The van der Waals surface area contributed by atoms with Crippen LogP contribution in [0.4, 0.5) is 11.6 Å². The van der Waals surface area contributed by atoms with Gasteiger partial charge in [-0.3, -0.25) is 4.79 Å². The average molecular weight is 334 g/mol. The zero-order chi connectivity index (χ0) is 16.8. The van der Waals surface area contributed by atoms with Crippen LogP contribution >= 0.6 is 11.6 Å². The summed E-state index contributed by atoms with van der Waals surface area (Å²) in [6, 6.07) is 5.57. The molecule has 1 aromatic carbocycles. The molecule has 0 radical (unpaired) electrons. The molecule has 2 N–H and O–H groups in total. The monoisotopic (exact) mass is 333 g/mol. The van der Waals surface area contributed by atoms with Crippen molar-refractivity contribution in [2.45, 2.75) is 6.92 Å². The number of hydrogen-bond acceptors (Lipinski definition) is 5. The highest BCUT2D eigenvalue weighted by molar-refractivity contribution is 6.31. The second-order valence-electron chi connectivity index (χ2n) is 5.39. The number of likely N-dealkylation sites (N-methyl/N-ethyl adjacent to an activating group) is 1. The Labute approximate surface area is 140 Å². The summed E-state index contributed by atoms with van der Waals surface area (Å²) in [6.07, 6.45) is 3.00. The molecule has 0 aliphatic carbocycles. The number of halogens is 1. The largest absolute Gasteiger partial charge is 0.351 e. The molecule has 122 valence electrons. The molecule has 2 rings (SSSR count). The van der Waals surface area contributed by atoms with Crippen LogP contribution < -0.4 is 10.6 Å². The van der Waals surface area contributed by atoms with Gasteiger partial charge in [0.25, 0.3) is 5.91 Å². The van der Waals surface area contributed by atoms with Crippen molar-refractivity contribution in [3.05, 3.63) is 46.7 Å². The van der Waals surface area contributed by atoms with Gasteiger partial charge in [0, 0.05) is 36.2 Å². The Morgan fingerprint density at radius 1 is 1.26 bits per heavy atom. The number of amides is 1. The number of carbonyl (C=O) groups excluding carboxylic acids is 1. The molecule has 0 saturated carbocycles. The van der Waals surface area contributed by atoms with E-state index in [4.69, 9.17) is 11.6 Å². The lowest BCUT2D eigenvalue weighted by Gasteiger charge is -2.11. The fourth-order valence-corrected chi connectivity index (χ4v) is 2.04. The molecule has 0 unspecified atom stereocenters. The Kier molecular flexibility index (Phi) is 5.90. The summed E-state index contributed by atoms with van der Waals surface area (Å²) < 4.78 is 0. The number of aromatic nitrogens is 2. The molecule has 23 heavy (non-hydrogen) atoms. The third-order valence-corrected chi connectivity index (χ3v) is 3.68. The van der Waals surface area contributed by atoms with E-state index in [1.165, 1.54) is 12.4 Å². The van der Waals surface area contributed by atoms with Gasteiger partial charge in [-0.2, -0.15) is 0 Å². The minimum Gasteiger partial charge on any atom is -0.351 e. The van der Waals surface area contributed by atoms with Crippen molar-refractivity contribution in [3.8, 4) is 0 Å². The molecule has 0 atom stereocenters. The smallest absolute Gasteiger partial charge is 0.254 e. The van der Waals surface area contributed by atoms with E-state index in [2.05, 4.69) is 20.6 Å². The highest BCUT2D eigenvalue weighted by Gasteiger charge is 2.08. The number of anilines is 2. The van der Waals surface area contributed by atoms with Crippen molar-refractivity contribution in [2.24, 2.45) is 0 Å². The molecule has 7 heteroatoms. The lowest BCUT2D eigenvalue weighted by atomic mass is 10.2. The first-order valence-corrected chi connectivity index (χ1v) is 7.62. The van der Waals surface area contributed by atoms with Crippen LogP contribution in [0, 0.1) is 6.92 Å². The molecule has 0 aliphatic heterocycles. The van der Waals surface area contributed by atoms with E-state index in [0.29, 0.717) is 23.1 Å². The maximum Gasteiger partial charge on any atom is 0.254 e. The van der Waals surface area contributed by atoms with E-state index in [1.807, 2.05) is 44.1 Å². The van der Waals surface area contributed by atoms with Crippen LogP contribution in [0.15, 0.2) is 30.6 Å². The molecule has 1 aromatic heterocycles. The van der Waals surface area contributed by atoms with Crippen LogP contribution in [0.1, 0.15) is 15.9 Å². The Bertz CT molecular complexity index is 673. The summed E-state index contributed by atoms with van der Waals surface area (Å²) in [4.78, 5) is 22.3. The van der Waals surface area contributed by atoms with E-state index in [1.54, 1.807) is 0 Å². The quantitative estimate of drug-likeness (QED) is 0.850. The Morgan fingerprint density at radius 3 is 2.61 bits per heavy atom. The van der Waals surface area contributed by atoms with E-state index >= 15 is 0 Å². The highest BCUT2D eigenvalue weighted by Crippen LogP contribution is 2.24.